The highest BCUT2D eigenvalue weighted by atomic mass is 33.1. The number of nitrogens with zero attached hydrogens (tertiary/aromatic N) is 3. The Labute approximate surface area is 150 Å². The van der Waals surface area contributed by atoms with Crippen molar-refractivity contribution in [3.8, 4) is 11.8 Å². The molecule has 0 amide bonds. The number of carbonyl (C=O) groups is 1. The number of pyridine rings is 1. The molecule has 2 heterocycles. The summed E-state index contributed by atoms with van der Waals surface area (Å²) in [6.07, 6.45) is 1.80. The van der Waals surface area contributed by atoms with Crippen LogP contribution in [-0.2, 0) is 4.79 Å². The van der Waals surface area contributed by atoms with Crippen molar-refractivity contribution in [2.24, 2.45) is 0 Å². The number of carbonyl (C=O) groups excluding carboxylic acids is 1. The van der Waals surface area contributed by atoms with E-state index in [1.165, 1.54) is 46.0 Å². The second-order valence-corrected chi connectivity index (χ2v) is 7.61. The van der Waals surface area contributed by atoms with E-state index in [2.05, 4.69) is 4.98 Å². The molecule has 25 heavy (non-hydrogen) atoms. The summed E-state index contributed by atoms with van der Waals surface area (Å²) in [5.74, 6) is -1.33. The fraction of sp³-hybridized carbons (Fsp3) is 0.286. The first-order valence-corrected chi connectivity index (χ1v) is 9.32. The molecule has 134 valence electrons. The highest BCUT2D eigenvalue weighted by molar-refractivity contribution is 8.76. The van der Waals surface area contributed by atoms with E-state index < -0.39 is 10.9 Å². The molecule has 1 atom stereocenters. The van der Waals surface area contributed by atoms with E-state index in [0.29, 0.717) is 16.2 Å². The number of hydrogen-bond acceptors (Lipinski definition) is 9. The Morgan fingerprint density at radius 1 is 1.36 bits per heavy atom. The van der Waals surface area contributed by atoms with E-state index in [9.17, 15) is 25.1 Å². The summed E-state index contributed by atoms with van der Waals surface area (Å²) in [6, 6.07) is 5.35. The summed E-state index contributed by atoms with van der Waals surface area (Å²) in [7, 11) is 2.83. The maximum Gasteiger partial charge on any atom is 0.333 e. The zero-order chi connectivity index (χ0) is 18.4. The van der Waals surface area contributed by atoms with Crippen molar-refractivity contribution >= 4 is 33.2 Å². The Hall–Kier alpha value is -2.40. The van der Waals surface area contributed by atoms with E-state index in [-0.39, 0.29) is 29.1 Å². The normalized spacial score (nSPS) is 11.9. The van der Waals surface area contributed by atoms with Crippen molar-refractivity contribution in [1.29, 1.82) is 0 Å². The summed E-state index contributed by atoms with van der Waals surface area (Å²) in [6.45, 7) is 1.92. The lowest BCUT2D eigenvalue weighted by Gasteiger charge is -2.10. The molecule has 11 heteroatoms. The Morgan fingerprint density at radius 3 is 2.60 bits per heavy atom. The monoisotopic (exact) mass is 385 g/mol. The molecule has 0 bridgehead atoms. The zero-order valence-electron chi connectivity index (χ0n) is 13.1. The van der Waals surface area contributed by atoms with Crippen molar-refractivity contribution in [2.45, 2.75) is 30.0 Å². The molecule has 0 saturated heterocycles. The van der Waals surface area contributed by atoms with Gasteiger partial charge >= 0.3 is 5.97 Å². The lowest BCUT2D eigenvalue weighted by atomic mass is 10.2. The summed E-state index contributed by atoms with van der Waals surface area (Å²) in [5.41, 5.74) is -0.0679. The van der Waals surface area contributed by atoms with Crippen LogP contribution in [0.1, 0.15) is 19.8 Å². The third-order valence-corrected chi connectivity index (χ3v) is 5.83. The Morgan fingerprint density at radius 2 is 2.04 bits per heavy atom. The molecule has 0 fully saturated rings. The largest absolute Gasteiger partial charge is 0.492 e. The SMILES string of the molecule is CC(CCC(=O)On1c(O)ccc1O)SSc1ccc([N+](=O)[O-])cn1. The van der Waals surface area contributed by atoms with Gasteiger partial charge in [-0.1, -0.05) is 17.7 Å². The summed E-state index contributed by atoms with van der Waals surface area (Å²) in [4.78, 5) is 30.6. The Kier molecular flexibility index (Phi) is 6.53. The van der Waals surface area contributed by atoms with Crippen molar-refractivity contribution in [3.05, 3.63) is 40.6 Å². The predicted octanol–water partition coefficient (Wildman–Crippen LogP) is 2.77. The van der Waals surface area contributed by atoms with Gasteiger partial charge in [0.25, 0.3) is 5.69 Å². The summed E-state index contributed by atoms with van der Waals surface area (Å²) in [5, 5.41) is 30.1. The Bertz CT molecular complexity index is 730. The van der Waals surface area contributed by atoms with Crippen LogP contribution in [0.3, 0.4) is 0 Å². The van der Waals surface area contributed by atoms with Crippen molar-refractivity contribution < 1.29 is 24.8 Å². The van der Waals surface area contributed by atoms with E-state index in [1.54, 1.807) is 6.07 Å². The van der Waals surface area contributed by atoms with E-state index in [4.69, 9.17) is 4.84 Å². The number of hydrogen-bond donors (Lipinski definition) is 2. The second-order valence-electron chi connectivity index (χ2n) is 4.95. The van der Waals surface area contributed by atoms with Gasteiger partial charge in [-0.2, -0.15) is 0 Å². The molecular weight excluding hydrogens is 370 g/mol. The van der Waals surface area contributed by atoms with Crippen LogP contribution in [-0.4, -0.2) is 36.1 Å². The van der Waals surface area contributed by atoms with Crippen LogP contribution in [0.15, 0.2) is 35.5 Å². The highest BCUT2D eigenvalue weighted by Gasteiger charge is 2.14. The molecule has 0 aliphatic rings. The predicted molar refractivity (Wildman–Crippen MR) is 92.4 cm³/mol. The molecule has 9 nitrogen and oxygen atoms in total. The highest BCUT2D eigenvalue weighted by Crippen LogP contribution is 2.35. The van der Waals surface area contributed by atoms with Gasteiger partial charge in [0.15, 0.2) is 0 Å². The first kappa shape index (κ1) is 18.9. The van der Waals surface area contributed by atoms with Crippen molar-refractivity contribution in [3.63, 3.8) is 0 Å². The molecule has 2 rings (SSSR count). The van der Waals surface area contributed by atoms with Crippen LogP contribution < -0.4 is 4.84 Å². The fourth-order valence-corrected chi connectivity index (χ4v) is 3.74. The smallest absolute Gasteiger partial charge is 0.333 e. The third-order valence-electron chi connectivity index (χ3n) is 2.98. The number of aromatic hydroxyl groups is 2. The topological polar surface area (TPSA) is 128 Å². The van der Waals surface area contributed by atoms with Gasteiger partial charge in [0.1, 0.15) is 11.2 Å². The molecular formula is C14H15N3O6S2. The number of aromatic nitrogens is 2. The minimum Gasteiger partial charge on any atom is -0.492 e. The molecule has 1 unspecified atom stereocenters. The third kappa shape index (κ3) is 5.57. The average molecular weight is 385 g/mol. The molecule has 2 aromatic rings. The molecule has 2 N–H and O–H groups in total. The quantitative estimate of drug-likeness (QED) is 0.400. The van der Waals surface area contributed by atoms with Gasteiger partial charge in [0.05, 0.1) is 4.92 Å². The fourth-order valence-electron chi connectivity index (χ4n) is 1.67. The van der Waals surface area contributed by atoms with Gasteiger partial charge in [0.2, 0.25) is 11.8 Å². The Balaban J connectivity index is 1.74. The van der Waals surface area contributed by atoms with Gasteiger partial charge in [-0.25, -0.2) is 9.78 Å². The van der Waals surface area contributed by atoms with Crippen LogP contribution in [0, 0.1) is 10.1 Å². The van der Waals surface area contributed by atoms with Crippen LogP contribution in [0.4, 0.5) is 5.69 Å². The van der Waals surface area contributed by atoms with Crippen LogP contribution >= 0.6 is 21.6 Å². The van der Waals surface area contributed by atoms with Crippen LogP contribution in [0.25, 0.3) is 0 Å². The lowest BCUT2D eigenvalue weighted by molar-refractivity contribution is -0.385. The molecule has 0 aliphatic heterocycles. The van der Waals surface area contributed by atoms with Gasteiger partial charge in [-0.05, 0) is 23.3 Å². The first-order valence-electron chi connectivity index (χ1n) is 7.11. The minimum absolute atomic E-state index is 0.0679. The zero-order valence-corrected chi connectivity index (χ0v) is 14.7. The van der Waals surface area contributed by atoms with Gasteiger partial charge < -0.3 is 15.1 Å². The van der Waals surface area contributed by atoms with E-state index in [1.807, 2.05) is 6.92 Å². The summed E-state index contributed by atoms with van der Waals surface area (Å²) < 4.78 is 0.648. The molecule has 0 radical (unpaired) electrons. The minimum atomic E-state index is -0.590. The first-order chi connectivity index (χ1) is 11.9. The second kappa shape index (κ2) is 8.62. The molecule has 2 aromatic heterocycles. The van der Waals surface area contributed by atoms with E-state index in [0.717, 1.165) is 0 Å². The summed E-state index contributed by atoms with van der Waals surface area (Å²) >= 11 is 0. The van der Waals surface area contributed by atoms with Gasteiger partial charge in [0, 0.05) is 29.9 Å². The number of rotatable bonds is 8. The molecule has 0 spiro atoms. The lowest BCUT2D eigenvalue weighted by Crippen LogP contribution is -2.19. The van der Waals surface area contributed by atoms with Crippen molar-refractivity contribution in [2.75, 3.05) is 0 Å². The van der Waals surface area contributed by atoms with Gasteiger partial charge in [-0.15, -0.1) is 4.73 Å². The van der Waals surface area contributed by atoms with Crippen LogP contribution in [0.5, 0.6) is 11.8 Å². The van der Waals surface area contributed by atoms with Crippen LogP contribution in [0.2, 0.25) is 0 Å². The van der Waals surface area contributed by atoms with Crippen molar-refractivity contribution in [1.82, 2.24) is 9.71 Å². The average Bonchev–Trinajstić information content (AvgIpc) is 2.90. The molecule has 0 saturated carbocycles. The maximum absolute atomic E-state index is 11.7. The maximum atomic E-state index is 11.7. The number of nitro groups is 1. The van der Waals surface area contributed by atoms with E-state index >= 15 is 0 Å². The standard InChI is InChI=1S/C14H15N3O6S2/c1-9(24-25-11-4-3-10(8-15-11)17(21)22)2-7-14(20)23-16-12(18)5-6-13(16)19/h3-6,8-9,18-19H,2,7H2,1H3. The van der Waals surface area contributed by atoms with Gasteiger partial charge in [-0.3, -0.25) is 10.1 Å². The molecule has 0 aliphatic carbocycles. The molecule has 0 aromatic carbocycles.